The number of sulfonamides is 1. The standard InChI is InChI=1S/C12H16N2O5S/c15-9-10-2-1-7-13(8-10)20(18,19)12-5-3-11(4-6-12)14(16)17/h3-6,10,15H,1-2,7-9H2/t10-/m0/s1. The first-order valence-corrected chi connectivity index (χ1v) is 7.74. The molecule has 0 bridgehead atoms. The number of hydrogen-bond donors (Lipinski definition) is 1. The summed E-state index contributed by atoms with van der Waals surface area (Å²) in [5, 5.41) is 19.7. The van der Waals surface area contributed by atoms with Crippen LogP contribution < -0.4 is 0 Å². The number of nitrogens with zero attached hydrogens (tertiary/aromatic N) is 2. The summed E-state index contributed by atoms with van der Waals surface area (Å²) in [5.41, 5.74) is -0.143. The zero-order valence-corrected chi connectivity index (χ0v) is 11.6. The second-order valence-electron chi connectivity index (χ2n) is 4.80. The highest BCUT2D eigenvalue weighted by atomic mass is 32.2. The van der Waals surface area contributed by atoms with Crippen LogP contribution in [0.5, 0.6) is 0 Å². The maximum atomic E-state index is 12.4. The van der Waals surface area contributed by atoms with Gasteiger partial charge in [0.25, 0.3) is 5.69 Å². The number of nitro groups is 1. The quantitative estimate of drug-likeness (QED) is 0.660. The van der Waals surface area contributed by atoms with Crippen molar-refractivity contribution in [1.82, 2.24) is 4.31 Å². The molecule has 0 amide bonds. The number of aliphatic hydroxyl groups is 1. The highest BCUT2D eigenvalue weighted by Crippen LogP contribution is 2.24. The lowest BCUT2D eigenvalue weighted by Crippen LogP contribution is -2.40. The van der Waals surface area contributed by atoms with Crippen LogP contribution in [0.3, 0.4) is 0 Å². The first-order valence-electron chi connectivity index (χ1n) is 6.30. The SMILES string of the molecule is O=[N+]([O-])c1ccc(S(=O)(=O)N2CCC[C@H](CO)C2)cc1. The van der Waals surface area contributed by atoms with E-state index in [1.54, 1.807) is 0 Å². The van der Waals surface area contributed by atoms with Crippen molar-refractivity contribution in [1.29, 1.82) is 0 Å². The topological polar surface area (TPSA) is 101 Å². The summed E-state index contributed by atoms with van der Waals surface area (Å²) in [6.07, 6.45) is 1.51. The predicted molar refractivity (Wildman–Crippen MR) is 71.7 cm³/mol. The Morgan fingerprint density at radius 3 is 2.55 bits per heavy atom. The number of hydrogen-bond acceptors (Lipinski definition) is 5. The highest BCUT2D eigenvalue weighted by molar-refractivity contribution is 7.89. The smallest absolute Gasteiger partial charge is 0.269 e. The molecule has 0 saturated carbocycles. The monoisotopic (exact) mass is 300 g/mol. The minimum atomic E-state index is -3.65. The molecule has 1 aliphatic heterocycles. The van der Waals surface area contributed by atoms with E-state index < -0.39 is 14.9 Å². The lowest BCUT2D eigenvalue weighted by Gasteiger charge is -2.30. The molecule has 110 valence electrons. The Hall–Kier alpha value is -1.51. The third-order valence-corrected chi connectivity index (χ3v) is 5.30. The van der Waals surface area contributed by atoms with Crippen molar-refractivity contribution < 1.29 is 18.4 Å². The van der Waals surface area contributed by atoms with Gasteiger partial charge in [-0.05, 0) is 30.9 Å². The second kappa shape index (κ2) is 5.86. The molecule has 1 fully saturated rings. The molecule has 1 N–H and O–H groups in total. The van der Waals surface area contributed by atoms with Crippen LogP contribution in [0, 0.1) is 16.0 Å². The summed E-state index contributed by atoms with van der Waals surface area (Å²) in [5.74, 6) is -0.0448. The van der Waals surface area contributed by atoms with E-state index in [0.717, 1.165) is 6.42 Å². The molecule has 0 radical (unpaired) electrons. The minimum absolute atomic E-state index is 0.0354. The maximum absolute atomic E-state index is 12.4. The molecule has 0 spiro atoms. The predicted octanol–water partition coefficient (Wildman–Crippen LogP) is 0.988. The third-order valence-electron chi connectivity index (χ3n) is 3.43. The molecule has 20 heavy (non-hydrogen) atoms. The average Bonchev–Trinajstić information content (AvgIpc) is 2.47. The van der Waals surface area contributed by atoms with Gasteiger partial charge in [0, 0.05) is 31.8 Å². The minimum Gasteiger partial charge on any atom is -0.396 e. The Balaban J connectivity index is 2.23. The Labute approximate surface area is 117 Å². The Bertz CT molecular complexity index is 584. The highest BCUT2D eigenvalue weighted by Gasteiger charge is 2.30. The van der Waals surface area contributed by atoms with Crippen LogP contribution in [0.1, 0.15) is 12.8 Å². The third kappa shape index (κ3) is 2.97. The Morgan fingerprint density at radius 2 is 2.00 bits per heavy atom. The molecule has 1 atom stereocenters. The average molecular weight is 300 g/mol. The van der Waals surface area contributed by atoms with Gasteiger partial charge in [0.2, 0.25) is 10.0 Å². The van der Waals surface area contributed by atoms with Crippen LogP contribution in [-0.4, -0.2) is 42.4 Å². The fourth-order valence-electron chi connectivity index (χ4n) is 2.28. The molecule has 8 heteroatoms. The fourth-order valence-corrected chi connectivity index (χ4v) is 3.84. The molecule has 1 saturated heterocycles. The number of nitro benzene ring substituents is 1. The molecule has 1 aromatic carbocycles. The van der Waals surface area contributed by atoms with Crippen molar-refractivity contribution in [3.63, 3.8) is 0 Å². The summed E-state index contributed by atoms with van der Waals surface area (Å²) in [7, 11) is -3.65. The summed E-state index contributed by atoms with van der Waals surface area (Å²) >= 11 is 0. The van der Waals surface area contributed by atoms with Crippen molar-refractivity contribution in [2.24, 2.45) is 5.92 Å². The number of non-ortho nitro benzene ring substituents is 1. The number of piperidine rings is 1. The van der Waals surface area contributed by atoms with Gasteiger partial charge in [-0.15, -0.1) is 0 Å². The van der Waals surface area contributed by atoms with Crippen LogP contribution in [0.25, 0.3) is 0 Å². The Morgan fingerprint density at radius 1 is 1.35 bits per heavy atom. The van der Waals surface area contributed by atoms with Gasteiger partial charge < -0.3 is 5.11 Å². The van der Waals surface area contributed by atoms with Crippen molar-refractivity contribution in [3.05, 3.63) is 34.4 Å². The van der Waals surface area contributed by atoms with E-state index in [0.29, 0.717) is 13.0 Å². The van der Waals surface area contributed by atoms with Crippen LogP contribution >= 0.6 is 0 Å². The molecule has 7 nitrogen and oxygen atoms in total. The summed E-state index contributed by atoms with van der Waals surface area (Å²) in [6, 6.07) is 4.85. The normalized spacial score (nSPS) is 20.8. The fraction of sp³-hybridized carbons (Fsp3) is 0.500. The number of aliphatic hydroxyl groups excluding tert-OH is 1. The van der Waals surface area contributed by atoms with E-state index >= 15 is 0 Å². The molecule has 0 aliphatic carbocycles. The van der Waals surface area contributed by atoms with Crippen molar-refractivity contribution in [2.75, 3.05) is 19.7 Å². The lowest BCUT2D eigenvalue weighted by atomic mass is 10.0. The zero-order chi connectivity index (χ0) is 14.8. The van der Waals surface area contributed by atoms with Crippen molar-refractivity contribution in [3.8, 4) is 0 Å². The molecule has 1 aliphatic rings. The molecule has 2 rings (SSSR count). The van der Waals surface area contributed by atoms with E-state index in [4.69, 9.17) is 5.11 Å². The summed E-state index contributed by atoms with van der Waals surface area (Å²) in [4.78, 5) is 10.0. The van der Waals surface area contributed by atoms with Gasteiger partial charge >= 0.3 is 0 Å². The molecule has 1 aromatic rings. The second-order valence-corrected chi connectivity index (χ2v) is 6.74. The van der Waals surface area contributed by atoms with Crippen LogP contribution in [0.4, 0.5) is 5.69 Å². The van der Waals surface area contributed by atoms with Crippen molar-refractivity contribution >= 4 is 15.7 Å². The summed E-state index contributed by atoms with van der Waals surface area (Å²) < 4.78 is 26.1. The van der Waals surface area contributed by atoms with Crippen LogP contribution in [0.2, 0.25) is 0 Å². The first-order chi connectivity index (χ1) is 9.45. The van der Waals surface area contributed by atoms with E-state index in [1.165, 1.54) is 28.6 Å². The summed E-state index contributed by atoms with van der Waals surface area (Å²) in [6.45, 7) is 0.665. The zero-order valence-electron chi connectivity index (χ0n) is 10.8. The molecule has 0 aromatic heterocycles. The van der Waals surface area contributed by atoms with E-state index in [2.05, 4.69) is 0 Å². The van der Waals surface area contributed by atoms with Crippen molar-refractivity contribution in [2.45, 2.75) is 17.7 Å². The largest absolute Gasteiger partial charge is 0.396 e. The van der Waals surface area contributed by atoms with Gasteiger partial charge in [-0.3, -0.25) is 10.1 Å². The van der Waals surface area contributed by atoms with Gasteiger partial charge in [-0.1, -0.05) is 0 Å². The number of rotatable bonds is 4. The van der Waals surface area contributed by atoms with E-state index in [9.17, 15) is 18.5 Å². The van der Waals surface area contributed by atoms with E-state index in [-0.39, 0.29) is 29.7 Å². The Kier molecular flexibility index (Phi) is 4.36. The molecule has 0 unspecified atom stereocenters. The van der Waals surface area contributed by atoms with Crippen LogP contribution in [-0.2, 0) is 10.0 Å². The lowest BCUT2D eigenvalue weighted by molar-refractivity contribution is -0.384. The van der Waals surface area contributed by atoms with Crippen LogP contribution in [0.15, 0.2) is 29.2 Å². The van der Waals surface area contributed by atoms with Gasteiger partial charge in [-0.25, -0.2) is 8.42 Å². The molecular weight excluding hydrogens is 284 g/mol. The molecular formula is C12H16N2O5S. The number of benzene rings is 1. The first kappa shape index (κ1) is 14.9. The van der Waals surface area contributed by atoms with Gasteiger partial charge in [0.05, 0.1) is 9.82 Å². The van der Waals surface area contributed by atoms with Gasteiger partial charge in [0.15, 0.2) is 0 Å². The molecule has 1 heterocycles. The van der Waals surface area contributed by atoms with Gasteiger partial charge in [0.1, 0.15) is 0 Å². The van der Waals surface area contributed by atoms with E-state index in [1.807, 2.05) is 0 Å². The maximum Gasteiger partial charge on any atom is 0.269 e. The van der Waals surface area contributed by atoms with Gasteiger partial charge in [-0.2, -0.15) is 4.31 Å².